The van der Waals surface area contributed by atoms with Gasteiger partial charge in [-0.05, 0) is 55.6 Å². The molecule has 8 heteroatoms. The van der Waals surface area contributed by atoms with E-state index in [0.29, 0.717) is 24.4 Å². The van der Waals surface area contributed by atoms with Gasteiger partial charge in [0.05, 0.1) is 11.3 Å². The number of aromatic nitrogens is 3. The third-order valence-corrected chi connectivity index (χ3v) is 4.82. The molecule has 0 saturated carbocycles. The molecule has 0 spiro atoms. The van der Waals surface area contributed by atoms with Crippen molar-refractivity contribution in [2.75, 3.05) is 19.6 Å². The molecule has 1 aliphatic heterocycles. The number of fused-ring (bicyclic) bond motifs is 1. The van der Waals surface area contributed by atoms with Crippen molar-refractivity contribution in [3.05, 3.63) is 65.9 Å². The first-order valence-electron chi connectivity index (χ1n) is 9.13. The monoisotopic (exact) mass is 421 g/mol. The summed E-state index contributed by atoms with van der Waals surface area (Å²) in [6.45, 7) is 2.69. The molecule has 1 unspecified atom stereocenters. The Morgan fingerprint density at radius 1 is 1.29 bits per heavy atom. The zero-order valence-corrected chi connectivity index (χ0v) is 17.1. The Morgan fingerprint density at radius 2 is 2.18 bits per heavy atom. The number of hydrogen-bond donors (Lipinski definition) is 2. The fraction of sp³-hybridized carbons (Fsp3) is 0.350. The van der Waals surface area contributed by atoms with Crippen LogP contribution in [0.3, 0.4) is 0 Å². The van der Waals surface area contributed by atoms with E-state index in [-0.39, 0.29) is 30.7 Å². The fourth-order valence-corrected chi connectivity index (χ4v) is 3.46. The van der Waals surface area contributed by atoms with Crippen LogP contribution < -0.4 is 10.6 Å². The molecular formula is C20H25Cl2N5O. The van der Waals surface area contributed by atoms with Crippen molar-refractivity contribution >= 4 is 36.4 Å². The first-order chi connectivity index (χ1) is 12.8. The van der Waals surface area contributed by atoms with Gasteiger partial charge in [0.2, 0.25) is 0 Å². The molecule has 4 rings (SSSR count). The molecule has 3 aromatic heterocycles. The Bertz CT molecular complexity index is 875. The number of carbonyl (C=O) groups is 1. The molecule has 150 valence electrons. The number of imidazole rings is 1. The average molecular weight is 422 g/mol. The summed E-state index contributed by atoms with van der Waals surface area (Å²) < 4.78 is 1.99. The molecule has 1 atom stereocenters. The van der Waals surface area contributed by atoms with Crippen LogP contribution in [-0.2, 0) is 12.8 Å². The maximum Gasteiger partial charge on any atom is 0.252 e. The second-order valence-electron chi connectivity index (χ2n) is 6.85. The number of nitrogens with zero attached hydrogens (tertiary/aromatic N) is 3. The Hall–Kier alpha value is -2.15. The van der Waals surface area contributed by atoms with Crippen molar-refractivity contribution in [1.29, 1.82) is 0 Å². The van der Waals surface area contributed by atoms with Crippen LogP contribution >= 0.6 is 24.8 Å². The molecule has 3 aromatic rings. The van der Waals surface area contributed by atoms with E-state index in [0.717, 1.165) is 36.4 Å². The summed E-state index contributed by atoms with van der Waals surface area (Å²) in [4.78, 5) is 21.2. The number of pyridine rings is 2. The highest BCUT2D eigenvalue weighted by molar-refractivity contribution is 5.94. The van der Waals surface area contributed by atoms with Gasteiger partial charge in [-0.3, -0.25) is 9.78 Å². The Kier molecular flexibility index (Phi) is 8.23. The summed E-state index contributed by atoms with van der Waals surface area (Å²) in [6.07, 6.45) is 10.3. The highest BCUT2D eigenvalue weighted by Gasteiger charge is 2.16. The van der Waals surface area contributed by atoms with Crippen LogP contribution in [0.2, 0.25) is 0 Å². The van der Waals surface area contributed by atoms with Crippen LogP contribution in [0.15, 0.2) is 49.1 Å². The molecule has 1 saturated heterocycles. The van der Waals surface area contributed by atoms with Crippen LogP contribution in [-0.4, -0.2) is 39.9 Å². The predicted octanol–water partition coefficient (Wildman–Crippen LogP) is 2.70. The maximum atomic E-state index is 12.4. The molecule has 0 aromatic carbocycles. The van der Waals surface area contributed by atoms with Gasteiger partial charge in [-0.25, -0.2) is 4.98 Å². The Labute approximate surface area is 177 Å². The molecular weight excluding hydrogens is 397 g/mol. The van der Waals surface area contributed by atoms with Gasteiger partial charge < -0.3 is 15.0 Å². The highest BCUT2D eigenvalue weighted by atomic mass is 35.5. The predicted molar refractivity (Wildman–Crippen MR) is 115 cm³/mol. The van der Waals surface area contributed by atoms with Gasteiger partial charge in [0, 0.05) is 37.8 Å². The number of carbonyl (C=O) groups excluding carboxylic acids is 1. The number of halogens is 2. The highest BCUT2D eigenvalue weighted by Crippen LogP contribution is 2.15. The summed E-state index contributed by atoms with van der Waals surface area (Å²) in [5, 5.41) is 6.35. The minimum atomic E-state index is -0.0762. The van der Waals surface area contributed by atoms with Gasteiger partial charge in [-0.1, -0.05) is 6.07 Å². The number of rotatable bonds is 6. The molecule has 1 amide bonds. The zero-order valence-electron chi connectivity index (χ0n) is 15.5. The third kappa shape index (κ3) is 5.44. The molecule has 1 aliphatic rings. The molecule has 0 radical (unpaired) electrons. The minimum Gasteiger partial charge on any atom is -0.352 e. The van der Waals surface area contributed by atoms with Crippen LogP contribution in [0.1, 0.15) is 28.0 Å². The lowest BCUT2D eigenvalue weighted by molar-refractivity contribution is 0.0953. The molecule has 0 bridgehead atoms. The lowest BCUT2D eigenvalue weighted by Crippen LogP contribution is -2.26. The van der Waals surface area contributed by atoms with Crippen LogP contribution in [0.4, 0.5) is 0 Å². The SMILES string of the molecule is Cl.Cl.O=C(NCCc1cn2ccccc2n1)c1cncc(CC2CCNC2)c1. The first-order valence-corrected chi connectivity index (χ1v) is 9.13. The van der Waals surface area contributed by atoms with Crippen LogP contribution in [0.5, 0.6) is 0 Å². The van der Waals surface area contributed by atoms with Crippen LogP contribution in [0, 0.1) is 5.92 Å². The van der Waals surface area contributed by atoms with E-state index in [9.17, 15) is 4.79 Å². The van der Waals surface area contributed by atoms with Crippen molar-refractivity contribution in [3.8, 4) is 0 Å². The van der Waals surface area contributed by atoms with Gasteiger partial charge in [0.1, 0.15) is 5.65 Å². The van der Waals surface area contributed by atoms with Gasteiger partial charge in [0.25, 0.3) is 5.91 Å². The normalized spacial score (nSPS) is 15.6. The van der Waals surface area contributed by atoms with Gasteiger partial charge in [-0.2, -0.15) is 0 Å². The lowest BCUT2D eigenvalue weighted by atomic mass is 9.99. The van der Waals surface area contributed by atoms with Gasteiger partial charge in [-0.15, -0.1) is 24.8 Å². The maximum absolute atomic E-state index is 12.4. The van der Waals surface area contributed by atoms with E-state index in [1.165, 1.54) is 6.42 Å². The second kappa shape index (κ2) is 10.4. The van der Waals surface area contributed by atoms with Crippen molar-refractivity contribution in [3.63, 3.8) is 0 Å². The Morgan fingerprint density at radius 3 is 2.96 bits per heavy atom. The van der Waals surface area contributed by atoms with E-state index >= 15 is 0 Å². The van der Waals surface area contributed by atoms with Gasteiger partial charge >= 0.3 is 0 Å². The third-order valence-electron chi connectivity index (χ3n) is 4.82. The van der Waals surface area contributed by atoms with E-state index in [4.69, 9.17) is 0 Å². The molecule has 1 fully saturated rings. The van der Waals surface area contributed by atoms with E-state index in [1.54, 1.807) is 6.20 Å². The summed E-state index contributed by atoms with van der Waals surface area (Å²) in [5.74, 6) is 0.567. The topological polar surface area (TPSA) is 71.3 Å². The average Bonchev–Trinajstić information content (AvgIpc) is 3.31. The summed E-state index contributed by atoms with van der Waals surface area (Å²) in [7, 11) is 0. The van der Waals surface area contributed by atoms with Crippen molar-refractivity contribution in [1.82, 2.24) is 25.0 Å². The van der Waals surface area contributed by atoms with E-state index < -0.39 is 0 Å². The smallest absolute Gasteiger partial charge is 0.252 e. The zero-order chi connectivity index (χ0) is 17.8. The van der Waals surface area contributed by atoms with E-state index in [2.05, 4.69) is 20.6 Å². The Balaban J connectivity index is 0.00000140. The molecule has 0 aliphatic carbocycles. The summed E-state index contributed by atoms with van der Waals surface area (Å²) in [6, 6.07) is 7.88. The molecule has 6 nitrogen and oxygen atoms in total. The number of hydrogen-bond acceptors (Lipinski definition) is 4. The number of amides is 1. The van der Waals surface area contributed by atoms with Crippen molar-refractivity contribution in [2.24, 2.45) is 5.92 Å². The first kappa shape index (κ1) is 22.1. The van der Waals surface area contributed by atoms with E-state index in [1.807, 2.05) is 47.3 Å². The molecule has 4 heterocycles. The number of nitrogens with one attached hydrogen (secondary N) is 2. The fourth-order valence-electron chi connectivity index (χ4n) is 3.46. The quantitative estimate of drug-likeness (QED) is 0.641. The van der Waals surface area contributed by atoms with Crippen molar-refractivity contribution < 1.29 is 4.79 Å². The summed E-state index contributed by atoms with van der Waals surface area (Å²) in [5.41, 5.74) is 3.65. The molecule has 28 heavy (non-hydrogen) atoms. The van der Waals surface area contributed by atoms with Crippen molar-refractivity contribution in [2.45, 2.75) is 19.3 Å². The second-order valence-corrected chi connectivity index (χ2v) is 6.85. The van der Waals surface area contributed by atoms with Crippen LogP contribution in [0.25, 0.3) is 5.65 Å². The largest absolute Gasteiger partial charge is 0.352 e. The standard InChI is InChI=1S/C20H23N5O.2ClH/c26-20(17-10-16(12-22-13-17)9-15-4-6-21-11-15)23-7-5-18-14-25-8-2-1-3-19(25)24-18;;/h1-3,8,10,12-15,21H,4-7,9,11H2,(H,23,26);2*1H. The van der Waals surface area contributed by atoms with Gasteiger partial charge in [0.15, 0.2) is 0 Å². The lowest BCUT2D eigenvalue weighted by Gasteiger charge is -2.09. The summed E-state index contributed by atoms with van der Waals surface area (Å²) >= 11 is 0. The molecule has 2 N–H and O–H groups in total. The minimum absolute atomic E-state index is 0.